The van der Waals surface area contributed by atoms with Gasteiger partial charge in [0.25, 0.3) is 0 Å². The molecule has 0 heterocycles. The van der Waals surface area contributed by atoms with Crippen molar-refractivity contribution in [1.29, 1.82) is 0 Å². The first-order valence-corrected chi connectivity index (χ1v) is 24.1. The Morgan fingerprint density at radius 3 is 2.02 bits per heavy atom. The summed E-state index contributed by atoms with van der Waals surface area (Å²) in [6.45, 7) is 36.5. The Kier molecular flexibility index (Phi) is 12.8. The molecule has 7 atom stereocenters. The topological polar surface area (TPSA) is 65.0 Å². The van der Waals surface area contributed by atoms with Gasteiger partial charge in [0.05, 0.1) is 25.4 Å². The van der Waals surface area contributed by atoms with Gasteiger partial charge in [0.15, 0.2) is 16.6 Å². The summed E-state index contributed by atoms with van der Waals surface area (Å²) in [5.74, 6) is 1.06. The highest BCUT2D eigenvalue weighted by molar-refractivity contribution is 6.74. The SMILES string of the molecule is C=C(C[C@@H](O)C[C@@H](C)[C@H]1CC[C@H]2C(=CC=C3C[C@@H](O[Si](C)(C)C(C)(C)C)C(=C)[C@H](O[Si](C)(C)C(C)(C)C)C3)CCC[C@]12C)C(=O)OC. The maximum absolute atomic E-state index is 11.8. The van der Waals surface area contributed by atoms with Crippen LogP contribution in [0.25, 0.3) is 0 Å². The predicted molar refractivity (Wildman–Crippen MR) is 202 cm³/mol. The monoisotopic (exact) mass is 686 g/mol. The van der Waals surface area contributed by atoms with Gasteiger partial charge in [-0.25, -0.2) is 4.79 Å². The predicted octanol–water partition coefficient (Wildman–Crippen LogP) is 10.7. The molecular formula is C40H70O5Si2. The van der Waals surface area contributed by atoms with E-state index in [1.54, 1.807) is 5.57 Å². The summed E-state index contributed by atoms with van der Waals surface area (Å²) >= 11 is 0. The van der Waals surface area contributed by atoms with Crippen LogP contribution in [0.3, 0.4) is 0 Å². The van der Waals surface area contributed by atoms with Crippen LogP contribution in [-0.4, -0.2) is 53.1 Å². The van der Waals surface area contributed by atoms with Gasteiger partial charge in [0.1, 0.15) is 0 Å². The Morgan fingerprint density at radius 1 is 1.00 bits per heavy atom. The van der Waals surface area contributed by atoms with Crippen LogP contribution < -0.4 is 0 Å². The number of carbonyl (C=O) groups is 1. The van der Waals surface area contributed by atoms with E-state index >= 15 is 0 Å². The normalized spacial score (nSPS) is 29.8. The van der Waals surface area contributed by atoms with Gasteiger partial charge in [-0.2, -0.15) is 0 Å². The first kappa shape index (κ1) is 40.2. The number of hydrogen-bond donors (Lipinski definition) is 1. The fourth-order valence-electron chi connectivity index (χ4n) is 8.09. The summed E-state index contributed by atoms with van der Waals surface area (Å²) in [6, 6.07) is 0. The molecule has 47 heavy (non-hydrogen) atoms. The number of esters is 1. The molecule has 3 fully saturated rings. The van der Waals surface area contributed by atoms with E-state index in [-0.39, 0.29) is 34.1 Å². The van der Waals surface area contributed by atoms with Crippen LogP contribution in [0, 0.1) is 23.2 Å². The number of hydrogen-bond acceptors (Lipinski definition) is 5. The van der Waals surface area contributed by atoms with E-state index in [1.807, 2.05) is 0 Å². The first-order chi connectivity index (χ1) is 21.4. The average molecular weight is 687 g/mol. The minimum atomic E-state index is -2.01. The van der Waals surface area contributed by atoms with E-state index in [0.717, 1.165) is 24.8 Å². The number of aliphatic hydroxyl groups excluding tert-OH is 1. The number of carbonyl (C=O) groups excluding carboxylic acids is 1. The molecule has 7 heteroatoms. The van der Waals surface area contributed by atoms with Crippen molar-refractivity contribution < 1.29 is 23.5 Å². The van der Waals surface area contributed by atoms with Gasteiger partial charge >= 0.3 is 5.97 Å². The smallest absolute Gasteiger partial charge is 0.333 e. The van der Waals surface area contributed by atoms with Crippen molar-refractivity contribution in [3.05, 3.63) is 47.6 Å². The van der Waals surface area contributed by atoms with E-state index in [9.17, 15) is 9.90 Å². The Balaban J connectivity index is 1.84. The van der Waals surface area contributed by atoms with Gasteiger partial charge in [-0.3, -0.25) is 0 Å². The summed E-state index contributed by atoms with van der Waals surface area (Å²) in [5.41, 5.74) is 4.71. The molecule has 3 aliphatic carbocycles. The standard InChI is InChI=1S/C40H70O5Si2/c1-27(23-32(41)24-28(2)37(42)43-11)33-20-21-34-31(17-16-22-40(33,34)10)19-18-30-25-35(44-46(12,13)38(4,5)6)29(3)36(26-30)45-47(14,15)39(7,8)9/h18-19,27,32-36,41H,2-3,16-17,20-26H2,1,4-15H3/t27-,32+,33-,34+,35-,36-,40-/m1/s1. The molecule has 0 aromatic carbocycles. The third kappa shape index (κ3) is 9.30. The summed E-state index contributed by atoms with van der Waals surface area (Å²) in [5, 5.41) is 11.1. The highest BCUT2D eigenvalue weighted by atomic mass is 28.4. The zero-order valence-electron chi connectivity index (χ0n) is 32.5. The molecule has 5 nitrogen and oxygen atoms in total. The Bertz CT molecular complexity index is 1170. The van der Waals surface area contributed by atoms with Gasteiger partial charge in [-0.1, -0.05) is 91.8 Å². The fraction of sp³-hybridized carbons (Fsp3) is 0.775. The van der Waals surface area contributed by atoms with E-state index in [2.05, 4.69) is 107 Å². The second-order valence-corrected chi connectivity index (χ2v) is 28.1. The molecule has 268 valence electrons. The molecule has 0 unspecified atom stereocenters. The van der Waals surface area contributed by atoms with Crippen LogP contribution in [0.2, 0.25) is 36.3 Å². The number of aliphatic hydroxyl groups is 1. The van der Waals surface area contributed by atoms with Crippen LogP contribution in [0.15, 0.2) is 47.6 Å². The van der Waals surface area contributed by atoms with Crippen LogP contribution >= 0.6 is 0 Å². The van der Waals surface area contributed by atoms with Gasteiger partial charge in [0, 0.05) is 12.0 Å². The largest absolute Gasteiger partial charge is 0.466 e. The van der Waals surface area contributed by atoms with E-state index in [4.69, 9.17) is 13.6 Å². The molecular weight excluding hydrogens is 617 g/mol. The highest BCUT2D eigenvalue weighted by Crippen LogP contribution is 2.60. The lowest BCUT2D eigenvalue weighted by Gasteiger charge is -2.46. The number of ether oxygens (including phenoxy) is 1. The maximum atomic E-state index is 11.8. The quantitative estimate of drug-likeness (QED) is 0.101. The first-order valence-electron chi connectivity index (χ1n) is 18.3. The van der Waals surface area contributed by atoms with Crippen molar-refractivity contribution in [2.24, 2.45) is 23.2 Å². The lowest BCUT2D eigenvalue weighted by molar-refractivity contribution is -0.136. The van der Waals surface area contributed by atoms with Crippen LogP contribution in [0.5, 0.6) is 0 Å². The zero-order chi connectivity index (χ0) is 35.8. The number of rotatable bonds is 11. The zero-order valence-corrected chi connectivity index (χ0v) is 34.5. The van der Waals surface area contributed by atoms with E-state index in [1.165, 1.54) is 38.4 Å². The highest BCUT2D eigenvalue weighted by Gasteiger charge is 2.51. The number of methoxy groups -OCH3 is 1. The van der Waals surface area contributed by atoms with Gasteiger partial charge in [-0.15, -0.1) is 0 Å². The lowest BCUT2D eigenvalue weighted by Crippen LogP contribution is -2.49. The van der Waals surface area contributed by atoms with Gasteiger partial charge in [-0.05, 0) is 116 Å². The minimum Gasteiger partial charge on any atom is -0.466 e. The van der Waals surface area contributed by atoms with Crippen molar-refractivity contribution in [2.75, 3.05) is 7.11 Å². The van der Waals surface area contributed by atoms with Crippen molar-refractivity contribution in [2.45, 2.75) is 168 Å². The molecule has 0 aliphatic heterocycles. The molecule has 0 amide bonds. The second-order valence-electron chi connectivity index (χ2n) is 18.5. The number of allylic oxidation sites excluding steroid dienone is 3. The Morgan fingerprint density at radius 2 is 1.53 bits per heavy atom. The third-order valence-electron chi connectivity index (χ3n) is 13.1. The average Bonchev–Trinajstić information content (AvgIpc) is 3.29. The molecule has 0 spiro atoms. The molecule has 0 bridgehead atoms. The van der Waals surface area contributed by atoms with E-state index < -0.39 is 28.7 Å². The van der Waals surface area contributed by atoms with Gasteiger partial charge in [0.2, 0.25) is 0 Å². The second kappa shape index (κ2) is 14.9. The lowest BCUT2D eigenvalue weighted by atomic mass is 9.60. The van der Waals surface area contributed by atoms with Crippen LogP contribution in [0.1, 0.15) is 113 Å². The van der Waals surface area contributed by atoms with Crippen LogP contribution in [0.4, 0.5) is 0 Å². The molecule has 3 aliphatic rings. The Labute approximate surface area is 291 Å². The Hall–Kier alpha value is -1.26. The van der Waals surface area contributed by atoms with Crippen molar-refractivity contribution >= 4 is 22.6 Å². The molecule has 0 aromatic rings. The third-order valence-corrected chi connectivity index (χ3v) is 22.0. The summed E-state index contributed by atoms with van der Waals surface area (Å²) < 4.78 is 18.9. The van der Waals surface area contributed by atoms with E-state index in [0.29, 0.717) is 29.7 Å². The molecule has 0 radical (unpaired) electrons. The van der Waals surface area contributed by atoms with Crippen molar-refractivity contribution in [3.8, 4) is 0 Å². The summed E-state index contributed by atoms with van der Waals surface area (Å²) in [7, 11) is -2.66. The van der Waals surface area contributed by atoms with Gasteiger partial charge < -0.3 is 18.7 Å². The number of fused-ring (bicyclic) bond motifs is 1. The molecule has 0 aromatic heterocycles. The summed E-state index contributed by atoms with van der Waals surface area (Å²) in [6.07, 6.45) is 13.0. The van der Waals surface area contributed by atoms with Crippen molar-refractivity contribution in [1.82, 2.24) is 0 Å². The fourth-order valence-corrected chi connectivity index (χ4v) is 10.7. The minimum absolute atomic E-state index is 0.0147. The molecule has 3 saturated carbocycles. The molecule has 1 N–H and O–H groups in total. The molecule has 3 rings (SSSR count). The van der Waals surface area contributed by atoms with Crippen LogP contribution in [-0.2, 0) is 18.4 Å². The van der Waals surface area contributed by atoms with Crippen molar-refractivity contribution in [3.63, 3.8) is 0 Å². The molecule has 0 saturated heterocycles. The maximum Gasteiger partial charge on any atom is 0.333 e. The summed E-state index contributed by atoms with van der Waals surface area (Å²) in [4.78, 5) is 11.8.